The van der Waals surface area contributed by atoms with Gasteiger partial charge in [-0.15, -0.1) is 0 Å². The van der Waals surface area contributed by atoms with E-state index in [0.717, 1.165) is 11.8 Å². The fraction of sp³-hybridized carbons (Fsp3) is 0.857. The van der Waals surface area contributed by atoms with Crippen LogP contribution in [0.2, 0.25) is 0 Å². The van der Waals surface area contributed by atoms with E-state index in [0.29, 0.717) is 5.75 Å². The summed E-state index contributed by atoms with van der Waals surface area (Å²) >= 11 is 1.16. The van der Waals surface area contributed by atoms with Crippen molar-refractivity contribution in [3.05, 3.63) is 0 Å². The highest BCUT2D eigenvalue weighted by molar-refractivity contribution is 8.00. The van der Waals surface area contributed by atoms with Crippen molar-refractivity contribution in [1.82, 2.24) is 0 Å². The molecule has 0 radical (unpaired) electrons. The van der Waals surface area contributed by atoms with Crippen molar-refractivity contribution in [2.45, 2.75) is 30.1 Å². The number of carboxylic acid groups (broad SMARTS) is 1. The minimum absolute atomic E-state index is 0.182. The average molecular weight is 212 g/mol. The monoisotopic (exact) mass is 212 g/mol. The Morgan fingerprint density at radius 2 is 2.23 bits per heavy atom. The van der Waals surface area contributed by atoms with Gasteiger partial charge in [0, 0.05) is 5.25 Å². The highest BCUT2D eigenvalue weighted by atomic mass is 32.2. The van der Waals surface area contributed by atoms with E-state index in [4.69, 9.17) is 5.11 Å². The number of halogens is 2. The minimum Gasteiger partial charge on any atom is -0.477 e. The van der Waals surface area contributed by atoms with Crippen molar-refractivity contribution in [3.8, 4) is 0 Å². The third-order valence-electron chi connectivity index (χ3n) is 2.34. The zero-order valence-corrected chi connectivity index (χ0v) is 7.77. The van der Waals surface area contributed by atoms with E-state index >= 15 is 0 Å². The predicted octanol–water partition coefficient (Wildman–Crippen LogP) is 0.963. The van der Waals surface area contributed by atoms with Crippen molar-refractivity contribution in [3.63, 3.8) is 0 Å². The Hall–Kier alpha value is -0.360. The predicted molar refractivity (Wildman–Crippen MR) is 44.1 cm³/mol. The molecular weight excluding hydrogens is 202 g/mol. The Balaban J connectivity index is 2.97. The molecule has 0 spiro atoms. The molecule has 0 saturated carbocycles. The zero-order chi connectivity index (χ0) is 10.3. The molecule has 0 aromatic heterocycles. The average Bonchev–Trinajstić information content (AvgIpc) is 2.33. The van der Waals surface area contributed by atoms with Crippen LogP contribution in [0.1, 0.15) is 13.3 Å². The second-order valence-corrected chi connectivity index (χ2v) is 4.52. The Kier molecular flexibility index (Phi) is 2.55. The zero-order valence-electron chi connectivity index (χ0n) is 6.96. The number of carbonyl (C=O) groups is 1. The summed E-state index contributed by atoms with van der Waals surface area (Å²) in [7, 11) is 0. The fourth-order valence-corrected chi connectivity index (χ4v) is 2.65. The Morgan fingerprint density at radius 3 is 2.54 bits per heavy atom. The summed E-state index contributed by atoms with van der Waals surface area (Å²) < 4.78 is 26.0. The molecule has 1 rings (SSSR count). The second-order valence-electron chi connectivity index (χ2n) is 3.07. The van der Waals surface area contributed by atoms with Crippen LogP contribution in [0.3, 0.4) is 0 Å². The number of thioether (sulfide) groups is 1. The third kappa shape index (κ3) is 1.42. The molecule has 76 valence electrons. The van der Waals surface area contributed by atoms with Crippen LogP contribution in [0.4, 0.5) is 8.78 Å². The van der Waals surface area contributed by atoms with Gasteiger partial charge in [0.2, 0.25) is 0 Å². The standard InChI is InChI=1S/C7H10F2O3S/c1-4-6(12,2-3-13-4)7(8,9)5(10)11/h4,12H,2-3H2,1H3,(H,10,11). The molecule has 2 N–H and O–H groups in total. The molecule has 1 heterocycles. The normalized spacial score (nSPS) is 34.9. The lowest BCUT2D eigenvalue weighted by molar-refractivity contribution is -0.206. The molecule has 3 nitrogen and oxygen atoms in total. The molecule has 0 aliphatic carbocycles. The van der Waals surface area contributed by atoms with E-state index in [1.54, 1.807) is 0 Å². The molecular formula is C7H10F2O3S. The quantitative estimate of drug-likeness (QED) is 0.716. The number of hydrogen-bond donors (Lipinski definition) is 2. The van der Waals surface area contributed by atoms with E-state index in [1.807, 2.05) is 0 Å². The van der Waals surface area contributed by atoms with Crippen LogP contribution in [0.15, 0.2) is 0 Å². The van der Waals surface area contributed by atoms with Gasteiger partial charge in [-0.1, -0.05) is 6.92 Å². The number of carboxylic acids is 1. The summed E-state index contributed by atoms with van der Waals surface area (Å²) in [6.07, 6.45) is -0.182. The van der Waals surface area contributed by atoms with Crippen LogP contribution in [-0.4, -0.2) is 38.7 Å². The largest absolute Gasteiger partial charge is 0.477 e. The van der Waals surface area contributed by atoms with E-state index < -0.39 is 22.7 Å². The maximum atomic E-state index is 13.0. The number of aliphatic hydroxyl groups is 1. The van der Waals surface area contributed by atoms with Gasteiger partial charge >= 0.3 is 11.9 Å². The highest BCUT2D eigenvalue weighted by Gasteiger charge is 2.63. The first kappa shape index (κ1) is 10.7. The van der Waals surface area contributed by atoms with Gasteiger partial charge in [-0.3, -0.25) is 0 Å². The van der Waals surface area contributed by atoms with Crippen LogP contribution < -0.4 is 0 Å². The molecule has 1 aliphatic heterocycles. The first-order valence-electron chi connectivity index (χ1n) is 3.77. The van der Waals surface area contributed by atoms with Gasteiger partial charge in [0.25, 0.3) is 0 Å². The van der Waals surface area contributed by atoms with Crippen LogP contribution >= 0.6 is 11.8 Å². The lowest BCUT2D eigenvalue weighted by Crippen LogP contribution is -2.56. The number of aliphatic carboxylic acids is 1. The number of rotatable bonds is 2. The minimum atomic E-state index is -4.06. The van der Waals surface area contributed by atoms with E-state index in [2.05, 4.69) is 0 Å². The van der Waals surface area contributed by atoms with Gasteiger partial charge in [-0.25, -0.2) is 4.79 Å². The van der Waals surface area contributed by atoms with Gasteiger partial charge < -0.3 is 10.2 Å². The first-order valence-corrected chi connectivity index (χ1v) is 4.82. The first-order chi connectivity index (χ1) is 5.82. The Bertz CT molecular complexity index is 234. The summed E-state index contributed by atoms with van der Waals surface area (Å²) in [4.78, 5) is 10.2. The van der Waals surface area contributed by atoms with Crippen molar-refractivity contribution in [1.29, 1.82) is 0 Å². The van der Waals surface area contributed by atoms with E-state index in [9.17, 15) is 18.7 Å². The number of hydrogen-bond acceptors (Lipinski definition) is 3. The maximum absolute atomic E-state index is 13.0. The molecule has 0 aromatic carbocycles. The fourth-order valence-electron chi connectivity index (χ4n) is 1.33. The Morgan fingerprint density at radius 1 is 1.69 bits per heavy atom. The molecule has 6 heteroatoms. The van der Waals surface area contributed by atoms with Gasteiger partial charge in [-0.05, 0) is 12.2 Å². The van der Waals surface area contributed by atoms with Crippen LogP contribution in [0.5, 0.6) is 0 Å². The summed E-state index contributed by atoms with van der Waals surface area (Å²) in [5.41, 5.74) is -2.40. The molecule has 0 bridgehead atoms. The van der Waals surface area contributed by atoms with Crippen LogP contribution in [0.25, 0.3) is 0 Å². The Labute approximate surface area is 78.1 Å². The molecule has 13 heavy (non-hydrogen) atoms. The van der Waals surface area contributed by atoms with Crippen molar-refractivity contribution >= 4 is 17.7 Å². The van der Waals surface area contributed by atoms with Gasteiger partial charge in [0.05, 0.1) is 0 Å². The van der Waals surface area contributed by atoms with Gasteiger partial charge in [0.1, 0.15) is 0 Å². The van der Waals surface area contributed by atoms with Crippen molar-refractivity contribution in [2.24, 2.45) is 0 Å². The van der Waals surface area contributed by atoms with Crippen molar-refractivity contribution in [2.75, 3.05) is 5.75 Å². The SMILES string of the molecule is CC1SCCC1(O)C(F)(F)C(=O)O. The van der Waals surface area contributed by atoms with Crippen LogP contribution in [0, 0.1) is 0 Å². The molecule has 1 saturated heterocycles. The summed E-state index contributed by atoms with van der Waals surface area (Å²) in [6.45, 7) is 1.41. The van der Waals surface area contributed by atoms with E-state index in [1.165, 1.54) is 6.92 Å². The van der Waals surface area contributed by atoms with Gasteiger partial charge in [-0.2, -0.15) is 20.5 Å². The summed E-state index contributed by atoms with van der Waals surface area (Å²) in [6, 6.07) is 0. The lowest BCUT2D eigenvalue weighted by Gasteiger charge is -2.31. The van der Waals surface area contributed by atoms with Gasteiger partial charge in [0.15, 0.2) is 5.60 Å². The second kappa shape index (κ2) is 3.09. The molecule has 0 amide bonds. The molecule has 2 atom stereocenters. The number of alkyl halides is 2. The molecule has 1 aliphatic rings. The lowest BCUT2D eigenvalue weighted by atomic mass is 9.89. The molecule has 0 aromatic rings. The maximum Gasteiger partial charge on any atom is 0.377 e. The molecule has 2 unspecified atom stereocenters. The summed E-state index contributed by atoms with van der Waals surface area (Å²) in [5, 5.41) is 17.0. The smallest absolute Gasteiger partial charge is 0.377 e. The third-order valence-corrected chi connectivity index (χ3v) is 3.67. The topological polar surface area (TPSA) is 57.5 Å². The highest BCUT2D eigenvalue weighted by Crippen LogP contribution is 2.45. The summed E-state index contributed by atoms with van der Waals surface area (Å²) in [5.74, 6) is -5.96. The van der Waals surface area contributed by atoms with Crippen molar-refractivity contribution < 1.29 is 23.8 Å². The van der Waals surface area contributed by atoms with E-state index in [-0.39, 0.29) is 6.42 Å². The molecule has 1 fully saturated rings. The van der Waals surface area contributed by atoms with Crippen LogP contribution in [-0.2, 0) is 4.79 Å².